The minimum absolute atomic E-state index is 0.0622. The Balaban J connectivity index is 2.94. The van der Waals surface area contributed by atoms with Crippen LogP contribution in [-0.4, -0.2) is 27.0 Å². The molecule has 0 aromatic heterocycles. The minimum atomic E-state index is -1.97. The van der Waals surface area contributed by atoms with Crippen molar-refractivity contribution in [1.29, 1.82) is 0 Å². The van der Waals surface area contributed by atoms with Crippen molar-refractivity contribution in [3.8, 4) is 11.5 Å². The number of benzene rings is 1. The van der Waals surface area contributed by atoms with Gasteiger partial charge in [0.15, 0.2) is 11.5 Å². The summed E-state index contributed by atoms with van der Waals surface area (Å²) in [6.07, 6.45) is 3.08. The molecule has 0 heterocycles. The number of hydrogen-bond acceptors (Lipinski definition) is 4. The SMILES string of the molecule is COc1cc(C=CC(=O)CC(=O)C(C)(C)C)ccc1O[Si](C)(C)C(C)(C)C. The van der Waals surface area contributed by atoms with Crippen LogP contribution in [0.5, 0.6) is 11.5 Å². The quantitative estimate of drug-likeness (QED) is 0.342. The van der Waals surface area contributed by atoms with E-state index in [9.17, 15) is 9.59 Å². The first-order chi connectivity index (χ1) is 12.2. The van der Waals surface area contributed by atoms with Gasteiger partial charge in [0.2, 0.25) is 0 Å². The molecule has 1 aromatic carbocycles. The van der Waals surface area contributed by atoms with Crippen molar-refractivity contribution in [3.05, 3.63) is 29.8 Å². The molecule has 0 spiro atoms. The van der Waals surface area contributed by atoms with E-state index in [1.54, 1.807) is 13.2 Å². The van der Waals surface area contributed by atoms with Gasteiger partial charge in [-0.2, -0.15) is 0 Å². The molecule has 0 aliphatic heterocycles. The summed E-state index contributed by atoms with van der Waals surface area (Å²) < 4.78 is 11.8. The molecule has 0 saturated carbocycles. The summed E-state index contributed by atoms with van der Waals surface area (Å²) in [5, 5.41) is 0.0859. The standard InChI is InChI=1S/C22H34O4Si/c1-21(2,3)20(24)15-17(23)12-10-16-11-13-18(19(14-16)25-7)26-27(8,9)22(4,5)6/h10-14H,15H2,1-9H3. The van der Waals surface area contributed by atoms with Crippen LogP contribution in [0.4, 0.5) is 0 Å². The molecular formula is C22H34O4Si. The van der Waals surface area contributed by atoms with Gasteiger partial charge >= 0.3 is 0 Å². The van der Waals surface area contributed by atoms with Gasteiger partial charge in [0, 0.05) is 5.41 Å². The first-order valence-electron chi connectivity index (χ1n) is 9.28. The lowest BCUT2D eigenvalue weighted by Gasteiger charge is -2.36. The van der Waals surface area contributed by atoms with Gasteiger partial charge in [0.1, 0.15) is 11.5 Å². The van der Waals surface area contributed by atoms with Gasteiger partial charge in [-0.25, -0.2) is 0 Å². The fourth-order valence-corrected chi connectivity index (χ4v) is 3.00. The molecule has 150 valence electrons. The van der Waals surface area contributed by atoms with Crippen molar-refractivity contribution in [2.45, 2.75) is 66.1 Å². The minimum Gasteiger partial charge on any atom is -0.541 e. The topological polar surface area (TPSA) is 52.6 Å². The summed E-state index contributed by atoms with van der Waals surface area (Å²) in [7, 11) is -0.367. The van der Waals surface area contributed by atoms with E-state index in [2.05, 4.69) is 33.9 Å². The maximum atomic E-state index is 12.0. The van der Waals surface area contributed by atoms with Crippen LogP contribution in [0.2, 0.25) is 18.1 Å². The molecule has 4 nitrogen and oxygen atoms in total. The Morgan fingerprint density at radius 1 is 1.04 bits per heavy atom. The van der Waals surface area contributed by atoms with Crippen molar-refractivity contribution in [1.82, 2.24) is 0 Å². The lowest BCUT2D eigenvalue weighted by Crippen LogP contribution is -2.43. The molecule has 0 N–H and O–H groups in total. The molecule has 0 aliphatic carbocycles. The maximum Gasteiger partial charge on any atom is 0.250 e. The summed E-state index contributed by atoms with van der Waals surface area (Å²) in [6.45, 7) is 16.4. The molecule has 0 atom stereocenters. The molecule has 0 unspecified atom stereocenters. The van der Waals surface area contributed by atoms with Crippen molar-refractivity contribution in [2.75, 3.05) is 7.11 Å². The molecule has 0 bridgehead atoms. The molecular weight excluding hydrogens is 356 g/mol. The third-order valence-corrected chi connectivity index (χ3v) is 9.33. The van der Waals surface area contributed by atoms with E-state index in [0.717, 1.165) is 11.3 Å². The van der Waals surface area contributed by atoms with Crippen LogP contribution < -0.4 is 9.16 Å². The molecule has 0 fully saturated rings. The van der Waals surface area contributed by atoms with E-state index in [-0.39, 0.29) is 23.0 Å². The summed E-state index contributed by atoms with van der Waals surface area (Å²) >= 11 is 0. The van der Waals surface area contributed by atoms with Crippen molar-refractivity contribution in [3.63, 3.8) is 0 Å². The smallest absolute Gasteiger partial charge is 0.250 e. The van der Waals surface area contributed by atoms with Gasteiger partial charge in [-0.05, 0) is 41.9 Å². The number of allylic oxidation sites excluding steroid dienone is 1. The van der Waals surface area contributed by atoms with E-state index in [4.69, 9.17) is 9.16 Å². The normalized spacial score (nSPS) is 12.9. The number of rotatable bonds is 7. The highest BCUT2D eigenvalue weighted by molar-refractivity contribution is 6.74. The Bertz CT molecular complexity index is 719. The third kappa shape index (κ3) is 6.65. The zero-order chi connectivity index (χ0) is 21.0. The van der Waals surface area contributed by atoms with Crippen LogP contribution in [-0.2, 0) is 9.59 Å². The van der Waals surface area contributed by atoms with E-state index < -0.39 is 13.7 Å². The van der Waals surface area contributed by atoms with Gasteiger partial charge in [-0.15, -0.1) is 0 Å². The first kappa shape index (κ1) is 23.2. The van der Waals surface area contributed by atoms with Crippen molar-refractivity contribution >= 4 is 26.0 Å². The molecule has 0 saturated heterocycles. The number of ketones is 2. The van der Waals surface area contributed by atoms with Gasteiger partial charge in [-0.3, -0.25) is 9.59 Å². The second-order valence-corrected chi connectivity index (χ2v) is 14.1. The summed E-state index contributed by atoms with van der Waals surface area (Å²) in [4.78, 5) is 24.0. The lowest BCUT2D eigenvalue weighted by atomic mass is 9.88. The van der Waals surface area contributed by atoms with Crippen LogP contribution in [0.15, 0.2) is 24.3 Å². The first-order valence-corrected chi connectivity index (χ1v) is 12.2. The van der Waals surface area contributed by atoms with E-state index in [1.807, 2.05) is 39.0 Å². The van der Waals surface area contributed by atoms with Gasteiger partial charge in [0.25, 0.3) is 8.32 Å². The summed E-state index contributed by atoms with van der Waals surface area (Å²) in [6, 6.07) is 5.61. The Kier molecular flexibility index (Phi) is 7.22. The molecule has 0 aliphatic rings. The monoisotopic (exact) mass is 390 g/mol. The van der Waals surface area contributed by atoms with E-state index in [0.29, 0.717) is 5.75 Å². The number of hydrogen-bond donors (Lipinski definition) is 0. The average molecular weight is 391 g/mol. The van der Waals surface area contributed by atoms with Gasteiger partial charge < -0.3 is 9.16 Å². The van der Waals surface area contributed by atoms with Crippen molar-refractivity contribution < 1.29 is 18.8 Å². The number of Topliss-reactive ketones (excluding diaryl/α,β-unsaturated/α-hetero) is 1. The van der Waals surface area contributed by atoms with Crippen LogP contribution in [0.3, 0.4) is 0 Å². The largest absolute Gasteiger partial charge is 0.541 e. The molecule has 27 heavy (non-hydrogen) atoms. The fourth-order valence-electron chi connectivity index (χ4n) is 1.97. The molecule has 0 radical (unpaired) electrons. The molecule has 5 heteroatoms. The zero-order valence-electron chi connectivity index (χ0n) is 18.2. The van der Waals surface area contributed by atoms with Gasteiger partial charge in [-0.1, -0.05) is 53.7 Å². The number of ether oxygens (including phenoxy) is 1. The second kappa shape index (κ2) is 8.42. The number of carbonyl (C=O) groups excluding carboxylic acids is 2. The molecule has 1 aromatic rings. The third-order valence-electron chi connectivity index (χ3n) is 4.99. The Morgan fingerprint density at radius 3 is 2.11 bits per heavy atom. The number of methoxy groups -OCH3 is 1. The lowest BCUT2D eigenvalue weighted by molar-refractivity contribution is -0.130. The van der Waals surface area contributed by atoms with Crippen molar-refractivity contribution in [2.24, 2.45) is 5.41 Å². The Labute approximate surface area is 165 Å². The van der Waals surface area contributed by atoms with Gasteiger partial charge in [0.05, 0.1) is 13.5 Å². The summed E-state index contributed by atoms with van der Waals surface area (Å²) in [5.74, 6) is 1.10. The zero-order valence-corrected chi connectivity index (χ0v) is 19.2. The van der Waals surface area contributed by atoms with Crippen LogP contribution in [0, 0.1) is 5.41 Å². The highest BCUT2D eigenvalue weighted by Gasteiger charge is 2.39. The van der Waals surface area contributed by atoms with Crippen LogP contribution >= 0.6 is 0 Å². The second-order valence-electron chi connectivity index (χ2n) is 9.42. The Morgan fingerprint density at radius 2 is 1.63 bits per heavy atom. The van der Waals surface area contributed by atoms with Crippen LogP contribution in [0.25, 0.3) is 6.08 Å². The Hall–Kier alpha value is -1.88. The van der Waals surface area contributed by atoms with E-state index >= 15 is 0 Å². The molecule has 0 amide bonds. The fraction of sp³-hybridized carbons (Fsp3) is 0.545. The number of carbonyl (C=O) groups is 2. The van der Waals surface area contributed by atoms with E-state index in [1.165, 1.54) is 6.08 Å². The highest BCUT2D eigenvalue weighted by atomic mass is 28.4. The predicted molar refractivity (Wildman–Crippen MR) is 114 cm³/mol. The van der Waals surface area contributed by atoms with Crippen LogP contribution in [0.1, 0.15) is 53.5 Å². The summed E-state index contributed by atoms with van der Waals surface area (Å²) in [5.41, 5.74) is 0.320. The predicted octanol–water partition coefficient (Wildman–Crippen LogP) is 5.67. The maximum absolute atomic E-state index is 12.0. The average Bonchev–Trinajstić information content (AvgIpc) is 2.51. The molecule has 1 rings (SSSR count). The highest BCUT2D eigenvalue weighted by Crippen LogP contribution is 2.40.